The minimum atomic E-state index is -3.26. The Morgan fingerprint density at radius 3 is 2.34 bits per heavy atom. The first-order valence-corrected chi connectivity index (χ1v) is 12.0. The number of hydrogen-bond acceptors (Lipinski definition) is 6. The lowest BCUT2D eigenvalue weighted by Crippen LogP contribution is -2.39. The number of methoxy groups -OCH3 is 1. The number of nitrogens with zero attached hydrogens (tertiary/aromatic N) is 1. The molecule has 2 rings (SSSR count). The molecule has 0 fully saturated rings. The molecule has 1 heterocycles. The molecule has 2 aromatic rings. The van der Waals surface area contributed by atoms with Crippen LogP contribution in [0.25, 0.3) is 0 Å². The summed E-state index contributed by atoms with van der Waals surface area (Å²) in [4.78, 5) is 5.68. The van der Waals surface area contributed by atoms with E-state index in [0.29, 0.717) is 12.4 Å². The number of aromatic nitrogens is 1. The number of benzene rings is 1. The summed E-state index contributed by atoms with van der Waals surface area (Å²) in [7, 11) is -1.65. The maximum atomic E-state index is 12.0. The van der Waals surface area contributed by atoms with E-state index in [9.17, 15) is 8.42 Å². The third kappa shape index (κ3) is 7.53. The van der Waals surface area contributed by atoms with Crippen molar-refractivity contribution in [2.24, 2.45) is 0 Å². The molecule has 0 saturated heterocycles. The molecule has 0 aliphatic rings. The van der Waals surface area contributed by atoms with Crippen molar-refractivity contribution in [3.05, 3.63) is 42.5 Å². The van der Waals surface area contributed by atoms with Gasteiger partial charge in [0.25, 0.3) is 0 Å². The van der Waals surface area contributed by atoms with E-state index in [4.69, 9.17) is 4.74 Å². The third-order valence-electron chi connectivity index (χ3n) is 4.27. The second-order valence-electron chi connectivity index (χ2n) is 7.62. The topological polar surface area (TPSA) is 80.3 Å². The number of rotatable bonds is 11. The summed E-state index contributed by atoms with van der Waals surface area (Å²) >= 11 is 1.59. The lowest BCUT2D eigenvalue weighted by molar-refractivity contribution is 0.394. The minimum Gasteiger partial charge on any atom is -0.481 e. The largest absolute Gasteiger partial charge is 0.481 e. The van der Waals surface area contributed by atoms with Gasteiger partial charge in [0.1, 0.15) is 5.03 Å². The maximum Gasteiger partial charge on any atom is 0.216 e. The van der Waals surface area contributed by atoms with E-state index >= 15 is 0 Å². The molecule has 29 heavy (non-hydrogen) atoms. The number of hydrogen-bond donors (Lipinski definition) is 2. The Kier molecular flexibility index (Phi) is 8.79. The van der Waals surface area contributed by atoms with Gasteiger partial charge in [0.15, 0.2) is 0 Å². The van der Waals surface area contributed by atoms with Crippen LogP contribution < -0.4 is 14.8 Å². The molecular weight excluding hydrogens is 406 g/mol. The average Bonchev–Trinajstić information content (AvgIpc) is 2.68. The molecular formula is C21H31N3O3S2. The van der Waals surface area contributed by atoms with Crippen LogP contribution in [0.3, 0.4) is 0 Å². The molecule has 1 aromatic carbocycles. The molecule has 0 amide bonds. The Labute approximate surface area is 178 Å². The molecule has 0 bridgehead atoms. The fraction of sp³-hybridized carbons (Fsp3) is 0.476. The van der Waals surface area contributed by atoms with E-state index in [2.05, 4.69) is 15.0 Å². The van der Waals surface area contributed by atoms with Crippen molar-refractivity contribution in [2.45, 2.75) is 54.7 Å². The standard InChI is InChI=1S/C21H31N3O3S2/c1-21(2,3)29(25,26)23-16-10-6-9-15-22-18-13-14-19(27-4)24-20(18)28-17-11-7-5-8-12-17/h5,7-8,11-14,22-23H,6,9-10,15-16H2,1-4H3. The van der Waals surface area contributed by atoms with Gasteiger partial charge in [-0.25, -0.2) is 18.1 Å². The summed E-state index contributed by atoms with van der Waals surface area (Å²) in [5, 5.41) is 4.31. The third-order valence-corrected chi connectivity index (χ3v) is 7.48. The summed E-state index contributed by atoms with van der Waals surface area (Å²) in [6.45, 7) is 6.37. The SMILES string of the molecule is COc1ccc(NCCCCCNS(=O)(=O)C(C)(C)C)c(Sc2ccccc2)n1. The number of ether oxygens (including phenoxy) is 1. The van der Waals surface area contributed by atoms with Gasteiger partial charge < -0.3 is 10.1 Å². The number of pyridine rings is 1. The Balaban J connectivity index is 1.81. The molecule has 0 unspecified atom stereocenters. The molecule has 0 radical (unpaired) electrons. The second kappa shape index (κ2) is 10.8. The predicted molar refractivity (Wildman–Crippen MR) is 120 cm³/mol. The highest BCUT2D eigenvalue weighted by molar-refractivity contribution is 7.99. The first-order chi connectivity index (χ1) is 13.7. The summed E-state index contributed by atoms with van der Waals surface area (Å²) in [5.74, 6) is 0.583. The van der Waals surface area contributed by atoms with Gasteiger partial charge in [0.2, 0.25) is 15.9 Å². The minimum absolute atomic E-state index is 0.471. The highest BCUT2D eigenvalue weighted by atomic mass is 32.2. The average molecular weight is 438 g/mol. The van der Waals surface area contributed by atoms with Crippen molar-refractivity contribution < 1.29 is 13.2 Å². The van der Waals surface area contributed by atoms with Crippen LogP contribution in [0.2, 0.25) is 0 Å². The molecule has 6 nitrogen and oxygen atoms in total. The molecule has 2 N–H and O–H groups in total. The fourth-order valence-corrected chi connectivity index (χ4v) is 4.17. The number of nitrogens with one attached hydrogen (secondary N) is 2. The van der Waals surface area contributed by atoms with Crippen molar-refractivity contribution in [3.8, 4) is 5.88 Å². The van der Waals surface area contributed by atoms with Gasteiger partial charge in [-0.3, -0.25) is 0 Å². The number of anilines is 1. The van der Waals surface area contributed by atoms with Crippen LogP contribution in [0.5, 0.6) is 5.88 Å². The van der Waals surface area contributed by atoms with Crippen LogP contribution in [0.4, 0.5) is 5.69 Å². The lowest BCUT2D eigenvalue weighted by Gasteiger charge is -2.19. The Morgan fingerprint density at radius 1 is 1.00 bits per heavy atom. The first-order valence-electron chi connectivity index (χ1n) is 9.74. The zero-order chi connectivity index (χ0) is 21.3. The maximum absolute atomic E-state index is 12.0. The Hall–Kier alpha value is -1.77. The molecule has 0 spiro atoms. The van der Waals surface area contributed by atoms with Crippen molar-refractivity contribution in [1.82, 2.24) is 9.71 Å². The van der Waals surface area contributed by atoms with E-state index in [1.54, 1.807) is 39.6 Å². The molecule has 1 aromatic heterocycles. The van der Waals surface area contributed by atoms with Gasteiger partial charge in [0.05, 0.1) is 17.5 Å². The quantitative estimate of drug-likeness (QED) is 0.502. The van der Waals surface area contributed by atoms with Gasteiger partial charge in [-0.15, -0.1) is 0 Å². The lowest BCUT2D eigenvalue weighted by atomic mass is 10.2. The van der Waals surface area contributed by atoms with Crippen molar-refractivity contribution >= 4 is 27.5 Å². The van der Waals surface area contributed by atoms with E-state index in [-0.39, 0.29) is 0 Å². The second-order valence-corrected chi connectivity index (χ2v) is 11.2. The zero-order valence-electron chi connectivity index (χ0n) is 17.6. The van der Waals surface area contributed by atoms with Gasteiger partial charge >= 0.3 is 0 Å². The van der Waals surface area contributed by atoms with Crippen LogP contribution in [0, 0.1) is 0 Å². The number of sulfonamides is 1. The Bertz CT molecular complexity index is 866. The van der Waals surface area contributed by atoms with Crippen LogP contribution >= 0.6 is 11.8 Å². The molecule has 8 heteroatoms. The highest BCUT2D eigenvalue weighted by Gasteiger charge is 2.27. The van der Waals surface area contributed by atoms with Gasteiger partial charge in [-0.2, -0.15) is 0 Å². The molecule has 0 aliphatic heterocycles. The van der Waals surface area contributed by atoms with E-state index in [1.165, 1.54) is 0 Å². The number of unbranched alkanes of at least 4 members (excludes halogenated alkanes) is 2. The molecule has 0 saturated carbocycles. The predicted octanol–water partition coefficient (Wildman–Crippen LogP) is 4.54. The monoisotopic (exact) mass is 437 g/mol. The van der Waals surface area contributed by atoms with E-state index < -0.39 is 14.8 Å². The summed E-state index contributed by atoms with van der Waals surface area (Å²) in [6.07, 6.45) is 2.69. The van der Waals surface area contributed by atoms with Gasteiger partial charge in [-0.05, 0) is 51.8 Å². The van der Waals surface area contributed by atoms with Crippen LogP contribution in [0.1, 0.15) is 40.0 Å². The first kappa shape index (κ1) is 23.5. The fourth-order valence-electron chi connectivity index (χ4n) is 2.42. The molecule has 160 valence electrons. The van der Waals surface area contributed by atoms with Crippen molar-refractivity contribution in [3.63, 3.8) is 0 Å². The van der Waals surface area contributed by atoms with Gasteiger partial charge in [0, 0.05) is 24.1 Å². The molecule has 0 aliphatic carbocycles. The van der Waals surface area contributed by atoms with E-state index in [1.807, 2.05) is 42.5 Å². The van der Waals surface area contributed by atoms with Crippen LogP contribution in [-0.2, 0) is 10.0 Å². The van der Waals surface area contributed by atoms with E-state index in [0.717, 1.165) is 41.4 Å². The van der Waals surface area contributed by atoms with Gasteiger partial charge in [-0.1, -0.05) is 36.4 Å². The van der Waals surface area contributed by atoms with Crippen LogP contribution in [0.15, 0.2) is 52.4 Å². The van der Waals surface area contributed by atoms with Crippen LogP contribution in [-0.4, -0.2) is 38.3 Å². The normalized spacial score (nSPS) is 12.0. The summed E-state index contributed by atoms with van der Waals surface area (Å²) in [5.41, 5.74) is 0.966. The van der Waals surface area contributed by atoms with Crippen molar-refractivity contribution in [1.29, 1.82) is 0 Å². The van der Waals surface area contributed by atoms with Crippen molar-refractivity contribution in [2.75, 3.05) is 25.5 Å². The summed E-state index contributed by atoms with van der Waals surface area (Å²) < 4.78 is 31.2. The Morgan fingerprint density at radius 2 is 1.69 bits per heavy atom. The zero-order valence-corrected chi connectivity index (χ0v) is 19.2. The molecule has 0 atom stereocenters. The summed E-state index contributed by atoms with van der Waals surface area (Å²) in [6, 6.07) is 13.9. The smallest absolute Gasteiger partial charge is 0.216 e. The highest BCUT2D eigenvalue weighted by Crippen LogP contribution is 2.33.